The molecule has 5 heteroatoms. The van der Waals surface area contributed by atoms with Gasteiger partial charge in [0.15, 0.2) is 5.82 Å². The minimum absolute atomic E-state index is 0.765. The Morgan fingerprint density at radius 2 is 1.90 bits per heavy atom. The van der Waals surface area contributed by atoms with Gasteiger partial charge in [-0.15, -0.1) is 5.10 Å². The number of tetrazole rings is 1. The van der Waals surface area contributed by atoms with Crippen molar-refractivity contribution in [2.75, 3.05) is 13.1 Å². The van der Waals surface area contributed by atoms with Crippen LogP contribution in [0.3, 0.4) is 0 Å². The number of rotatable bonds is 4. The van der Waals surface area contributed by atoms with Gasteiger partial charge in [-0.05, 0) is 47.4 Å². The summed E-state index contributed by atoms with van der Waals surface area (Å²) in [5.74, 6) is 0.765. The van der Waals surface area contributed by atoms with Crippen molar-refractivity contribution < 1.29 is 0 Å². The van der Waals surface area contributed by atoms with Gasteiger partial charge in [-0.3, -0.25) is 0 Å². The highest BCUT2D eigenvalue weighted by Crippen LogP contribution is 2.13. The third kappa shape index (κ3) is 2.71. The molecule has 1 aromatic heterocycles. The third-order valence-electron chi connectivity index (χ3n) is 3.66. The molecule has 20 heavy (non-hydrogen) atoms. The first kappa shape index (κ1) is 12.8. The number of aryl methyl sites for hydroxylation is 1. The second-order valence-corrected chi connectivity index (χ2v) is 5.03. The van der Waals surface area contributed by atoms with Crippen LogP contribution in [0.15, 0.2) is 30.5 Å². The summed E-state index contributed by atoms with van der Waals surface area (Å²) >= 11 is 0. The SMILES string of the molecule is CCc1ccc(-n2nnnc2/C=C\N2CCCC2)cc1. The topological polar surface area (TPSA) is 46.8 Å². The fourth-order valence-corrected chi connectivity index (χ4v) is 2.42. The molecule has 0 unspecified atom stereocenters. The molecule has 104 valence electrons. The van der Waals surface area contributed by atoms with E-state index in [9.17, 15) is 0 Å². The fourth-order valence-electron chi connectivity index (χ4n) is 2.42. The molecular weight excluding hydrogens is 250 g/mol. The highest BCUT2D eigenvalue weighted by molar-refractivity contribution is 5.44. The monoisotopic (exact) mass is 269 g/mol. The van der Waals surface area contributed by atoms with Crippen molar-refractivity contribution in [3.05, 3.63) is 41.9 Å². The van der Waals surface area contributed by atoms with Crippen molar-refractivity contribution >= 4 is 6.08 Å². The second-order valence-electron chi connectivity index (χ2n) is 5.03. The van der Waals surface area contributed by atoms with E-state index in [-0.39, 0.29) is 0 Å². The van der Waals surface area contributed by atoms with Crippen LogP contribution in [-0.4, -0.2) is 38.2 Å². The van der Waals surface area contributed by atoms with Gasteiger partial charge in [0.1, 0.15) is 0 Å². The summed E-state index contributed by atoms with van der Waals surface area (Å²) in [6.07, 6.45) is 7.66. The molecule has 0 bridgehead atoms. The molecular formula is C15H19N5. The van der Waals surface area contributed by atoms with Crippen LogP contribution in [0.4, 0.5) is 0 Å². The zero-order chi connectivity index (χ0) is 13.8. The van der Waals surface area contributed by atoms with Crippen molar-refractivity contribution in [3.63, 3.8) is 0 Å². The molecule has 1 aliphatic rings. The van der Waals surface area contributed by atoms with Gasteiger partial charge in [0.05, 0.1) is 5.69 Å². The molecule has 1 fully saturated rings. The Kier molecular flexibility index (Phi) is 3.76. The zero-order valence-corrected chi connectivity index (χ0v) is 11.7. The summed E-state index contributed by atoms with van der Waals surface area (Å²) in [4.78, 5) is 2.30. The Morgan fingerprint density at radius 3 is 2.60 bits per heavy atom. The molecule has 1 aliphatic heterocycles. The molecule has 3 rings (SSSR count). The first-order valence-corrected chi connectivity index (χ1v) is 7.17. The average molecular weight is 269 g/mol. The van der Waals surface area contributed by atoms with E-state index in [1.807, 2.05) is 6.08 Å². The van der Waals surface area contributed by atoms with Crippen LogP contribution < -0.4 is 0 Å². The molecule has 0 N–H and O–H groups in total. The van der Waals surface area contributed by atoms with E-state index in [1.54, 1.807) is 4.68 Å². The maximum atomic E-state index is 4.08. The van der Waals surface area contributed by atoms with Gasteiger partial charge < -0.3 is 4.90 Å². The van der Waals surface area contributed by atoms with E-state index >= 15 is 0 Å². The van der Waals surface area contributed by atoms with Gasteiger partial charge in [-0.1, -0.05) is 19.1 Å². The number of benzene rings is 1. The van der Waals surface area contributed by atoms with E-state index in [2.05, 4.69) is 57.8 Å². The maximum Gasteiger partial charge on any atom is 0.181 e. The van der Waals surface area contributed by atoms with Crippen LogP contribution >= 0.6 is 0 Å². The van der Waals surface area contributed by atoms with E-state index in [0.717, 1.165) is 31.0 Å². The lowest BCUT2D eigenvalue weighted by atomic mass is 10.1. The van der Waals surface area contributed by atoms with Crippen LogP contribution in [0, 0.1) is 0 Å². The quantitative estimate of drug-likeness (QED) is 0.854. The molecule has 0 spiro atoms. The maximum absolute atomic E-state index is 4.08. The molecule has 5 nitrogen and oxygen atoms in total. The minimum atomic E-state index is 0.765. The van der Waals surface area contributed by atoms with E-state index in [4.69, 9.17) is 0 Å². The van der Waals surface area contributed by atoms with Crippen molar-refractivity contribution in [1.29, 1.82) is 0 Å². The Morgan fingerprint density at radius 1 is 1.15 bits per heavy atom. The molecule has 0 aliphatic carbocycles. The lowest BCUT2D eigenvalue weighted by Crippen LogP contribution is -2.10. The lowest BCUT2D eigenvalue weighted by Gasteiger charge is -2.09. The third-order valence-corrected chi connectivity index (χ3v) is 3.66. The van der Waals surface area contributed by atoms with Crippen LogP contribution in [0.2, 0.25) is 0 Å². The molecule has 1 saturated heterocycles. The molecule has 0 atom stereocenters. The molecule has 0 amide bonds. The predicted molar refractivity (Wildman–Crippen MR) is 78.4 cm³/mol. The van der Waals surface area contributed by atoms with Gasteiger partial charge in [0.2, 0.25) is 0 Å². The second kappa shape index (κ2) is 5.86. The highest BCUT2D eigenvalue weighted by atomic mass is 15.5. The van der Waals surface area contributed by atoms with E-state index in [1.165, 1.54) is 18.4 Å². The highest BCUT2D eigenvalue weighted by Gasteiger charge is 2.09. The first-order valence-electron chi connectivity index (χ1n) is 7.17. The summed E-state index contributed by atoms with van der Waals surface area (Å²) < 4.78 is 1.77. The van der Waals surface area contributed by atoms with Crippen molar-refractivity contribution in [2.24, 2.45) is 0 Å². The standard InChI is InChI=1S/C15H19N5/c1-2-13-5-7-14(8-6-13)20-15(16-17-18-20)9-12-19-10-3-4-11-19/h5-9,12H,2-4,10-11H2,1H3/b12-9-. The molecule has 0 radical (unpaired) electrons. The van der Waals surface area contributed by atoms with E-state index < -0.39 is 0 Å². The van der Waals surface area contributed by atoms with Gasteiger partial charge in [0.25, 0.3) is 0 Å². The van der Waals surface area contributed by atoms with Crippen LogP contribution in [0.1, 0.15) is 31.2 Å². The van der Waals surface area contributed by atoms with Gasteiger partial charge in [-0.25, -0.2) is 0 Å². The Bertz CT molecular complexity index is 579. The number of likely N-dealkylation sites (tertiary alicyclic amines) is 1. The first-order chi connectivity index (χ1) is 9.86. The number of hydrogen-bond donors (Lipinski definition) is 0. The van der Waals surface area contributed by atoms with E-state index in [0.29, 0.717) is 0 Å². The summed E-state index contributed by atoms with van der Waals surface area (Å²) in [7, 11) is 0. The molecule has 1 aromatic carbocycles. The van der Waals surface area contributed by atoms with Crippen molar-refractivity contribution in [2.45, 2.75) is 26.2 Å². The Balaban J connectivity index is 1.81. The predicted octanol–water partition coefficient (Wildman–Crippen LogP) is 2.29. The van der Waals surface area contributed by atoms with Crippen LogP contribution in [-0.2, 0) is 6.42 Å². The van der Waals surface area contributed by atoms with Crippen LogP contribution in [0.5, 0.6) is 0 Å². The normalized spacial score (nSPS) is 15.3. The number of aromatic nitrogens is 4. The van der Waals surface area contributed by atoms with Crippen molar-refractivity contribution in [3.8, 4) is 5.69 Å². The zero-order valence-electron chi connectivity index (χ0n) is 11.7. The summed E-state index contributed by atoms with van der Waals surface area (Å²) in [5, 5.41) is 11.9. The van der Waals surface area contributed by atoms with Gasteiger partial charge in [-0.2, -0.15) is 4.68 Å². The van der Waals surface area contributed by atoms with Crippen LogP contribution in [0.25, 0.3) is 11.8 Å². The Hall–Kier alpha value is -2.17. The molecule has 2 heterocycles. The van der Waals surface area contributed by atoms with Gasteiger partial charge >= 0.3 is 0 Å². The lowest BCUT2D eigenvalue weighted by molar-refractivity contribution is 0.470. The van der Waals surface area contributed by atoms with Gasteiger partial charge in [0, 0.05) is 25.4 Å². The fraction of sp³-hybridized carbons (Fsp3) is 0.400. The smallest absolute Gasteiger partial charge is 0.181 e. The average Bonchev–Trinajstić information content (AvgIpc) is 3.16. The summed E-state index contributed by atoms with van der Waals surface area (Å²) in [5.41, 5.74) is 2.31. The molecule has 2 aromatic rings. The summed E-state index contributed by atoms with van der Waals surface area (Å²) in [6, 6.07) is 8.35. The Labute approximate surface area is 118 Å². The molecule has 0 saturated carbocycles. The minimum Gasteiger partial charge on any atom is -0.377 e. The number of hydrogen-bond acceptors (Lipinski definition) is 4. The number of nitrogens with zero attached hydrogens (tertiary/aromatic N) is 5. The largest absolute Gasteiger partial charge is 0.377 e. The van der Waals surface area contributed by atoms with Crippen molar-refractivity contribution in [1.82, 2.24) is 25.1 Å². The summed E-state index contributed by atoms with van der Waals surface area (Å²) in [6.45, 7) is 4.41.